The molecule has 0 aromatic rings. The van der Waals surface area contributed by atoms with Gasteiger partial charge in [0.1, 0.15) is 0 Å². The van der Waals surface area contributed by atoms with Crippen LogP contribution in [0.2, 0.25) is 0 Å². The maximum atomic E-state index is 11.7. The molecule has 0 spiro atoms. The van der Waals surface area contributed by atoms with E-state index in [1.807, 2.05) is 11.8 Å². The van der Waals surface area contributed by atoms with E-state index < -0.39 is 0 Å². The maximum absolute atomic E-state index is 11.7. The predicted molar refractivity (Wildman–Crippen MR) is 61.6 cm³/mol. The first kappa shape index (κ1) is 10.3. The Morgan fingerprint density at radius 3 is 3.14 bits per heavy atom. The molecule has 1 nitrogen and oxygen atoms in total. The van der Waals surface area contributed by atoms with Gasteiger partial charge >= 0.3 is 0 Å². The number of ketones is 1. The molecule has 0 radical (unpaired) electrons. The minimum atomic E-state index is 0.460. The van der Waals surface area contributed by atoms with Gasteiger partial charge in [-0.2, -0.15) is 11.8 Å². The number of carbonyl (C=O) groups excluding carboxylic acids is 1. The average molecular weight is 210 g/mol. The smallest absolute Gasteiger partial charge is 0.159 e. The van der Waals surface area contributed by atoms with Crippen LogP contribution < -0.4 is 0 Å². The lowest BCUT2D eigenvalue weighted by atomic mass is 10.0. The highest BCUT2D eigenvalue weighted by atomic mass is 32.2. The Labute approximate surface area is 90.3 Å². The van der Waals surface area contributed by atoms with Crippen molar-refractivity contribution < 1.29 is 4.79 Å². The van der Waals surface area contributed by atoms with E-state index in [-0.39, 0.29) is 0 Å². The minimum absolute atomic E-state index is 0.460. The molecule has 78 valence electrons. The van der Waals surface area contributed by atoms with Crippen LogP contribution in [0.5, 0.6) is 0 Å². The molecule has 0 aromatic carbocycles. The first-order chi connectivity index (χ1) is 6.83. The zero-order chi connectivity index (χ0) is 9.97. The third kappa shape index (κ3) is 1.90. The monoisotopic (exact) mass is 210 g/mol. The molecular formula is C12H18OS. The van der Waals surface area contributed by atoms with Gasteiger partial charge in [-0.15, -0.1) is 0 Å². The summed E-state index contributed by atoms with van der Waals surface area (Å²) in [6.07, 6.45) is 5.66. The Morgan fingerprint density at radius 1 is 1.50 bits per heavy atom. The Bertz CT molecular complexity index is 267. The normalized spacial score (nSPS) is 26.1. The molecule has 1 unspecified atom stereocenters. The second kappa shape index (κ2) is 4.52. The Hall–Kier alpha value is -0.240. The predicted octanol–water partition coefficient (Wildman–Crippen LogP) is 3.20. The van der Waals surface area contributed by atoms with Crippen molar-refractivity contribution in [2.24, 2.45) is 5.92 Å². The second-order valence-corrected chi connectivity index (χ2v) is 5.56. The van der Waals surface area contributed by atoms with Crippen molar-refractivity contribution in [1.82, 2.24) is 0 Å². The fraction of sp³-hybridized carbons (Fsp3) is 0.750. The second-order valence-electron chi connectivity index (χ2n) is 4.17. The number of carbonyl (C=O) groups is 1. The van der Waals surface area contributed by atoms with Crippen LogP contribution in [0, 0.1) is 5.92 Å². The maximum Gasteiger partial charge on any atom is 0.159 e. The number of hydrogen-bond donors (Lipinski definition) is 0. The molecule has 2 aliphatic rings. The molecule has 0 heterocycles. The summed E-state index contributed by atoms with van der Waals surface area (Å²) in [4.78, 5) is 11.7. The van der Waals surface area contributed by atoms with Gasteiger partial charge < -0.3 is 0 Å². The summed E-state index contributed by atoms with van der Waals surface area (Å²) in [5.41, 5.74) is 2.75. The van der Waals surface area contributed by atoms with E-state index in [0.29, 0.717) is 11.7 Å². The summed E-state index contributed by atoms with van der Waals surface area (Å²) >= 11 is 1.94. The molecule has 2 heteroatoms. The van der Waals surface area contributed by atoms with Gasteiger partial charge in [0.05, 0.1) is 0 Å². The van der Waals surface area contributed by atoms with E-state index >= 15 is 0 Å². The van der Waals surface area contributed by atoms with Gasteiger partial charge in [0, 0.05) is 6.42 Å². The van der Waals surface area contributed by atoms with E-state index in [1.54, 1.807) is 0 Å². The number of allylic oxidation sites excluding steroid dienone is 2. The van der Waals surface area contributed by atoms with Crippen molar-refractivity contribution in [3.8, 4) is 0 Å². The molecular weight excluding hydrogens is 192 g/mol. The van der Waals surface area contributed by atoms with Gasteiger partial charge in [-0.3, -0.25) is 4.79 Å². The molecule has 0 amide bonds. The van der Waals surface area contributed by atoms with Crippen LogP contribution >= 0.6 is 11.8 Å². The number of Topliss-reactive ketones (excluding diaryl/α,β-unsaturated/α-hetero) is 1. The first-order valence-electron chi connectivity index (χ1n) is 5.65. The van der Waals surface area contributed by atoms with Gasteiger partial charge in [0.25, 0.3) is 0 Å². The van der Waals surface area contributed by atoms with Crippen molar-refractivity contribution >= 4 is 17.5 Å². The highest BCUT2D eigenvalue weighted by Gasteiger charge is 2.34. The van der Waals surface area contributed by atoms with E-state index in [2.05, 4.69) is 6.92 Å². The van der Waals surface area contributed by atoms with E-state index in [9.17, 15) is 4.79 Å². The average Bonchev–Trinajstić information content (AvgIpc) is 2.69. The SMILES string of the molecule is CCSCCC1=C2CCCC2CC1=O. The lowest BCUT2D eigenvalue weighted by molar-refractivity contribution is -0.115. The molecule has 1 atom stereocenters. The molecule has 0 saturated heterocycles. The van der Waals surface area contributed by atoms with Gasteiger partial charge in [0.15, 0.2) is 5.78 Å². The molecule has 2 aliphatic carbocycles. The molecule has 14 heavy (non-hydrogen) atoms. The van der Waals surface area contributed by atoms with Crippen LogP contribution in [0.1, 0.15) is 39.0 Å². The number of hydrogen-bond acceptors (Lipinski definition) is 2. The lowest BCUT2D eigenvalue weighted by Crippen LogP contribution is -1.99. The standard InChI is InChI=1S/C12H18OS/c1-2-14-7-6-11-10-5-3-4-9(10)8-12(11)13/h9H,2-8H2,1H3. The van der Waals surface area contributed by atoms with Gasteiger partial charge in [-0.1, -0.05) is 12.5 Å². The van der Waals surface area contributed by atoms with E-state index in [4.69, 9.17) is 0 Å². The summed E-state index contributed by atoms with van der Waals surface area (Å²) in [5, 5.41) is 0. The highest BCUT2D eigenvalue weighted by Crippen LogP contribution is 2.42. The van der Waals surface area contributed by atoms with Gasteiger partial charge in [-0.25, -0.2) is 0 Å². The summed E-state index contributed by atoms with van der Waals surface area (Å²) < 4.78 is 0. The molecule has 1 fully saturated rings. The third-order valence-corrected chi connectivity index (χ3v) is 4.25. The number of fused-ring (bicyclic) bond motifs is 1. The Balaban J connectivity index is 2.00. The molecule has 0 aliphatic heterocycles. The first-order valence-corrected chi connectivity index (χ1v) is 6.81. The molecule has 0 N–H and O–H groups in total. The fourth-order valence-corrected chi connectivity index (χ4v) is 3.32. The molecule has 0 bridgehead atoms. The van der Waals surface area contributed by atoms with Crippen LogP contribution in [0.3, 0.4) is 0 Å². The molecule has 1 saturated carbocycles. The largest absolute Gasteiger partial charge is 0.295 e. The van der Waals surface area contributed by atoms with Crippen molar-refractivity contribution in [3.05, 3.63) is 11.1 Å². The van der Waals surface area contributed by atoms with Crippen LogP contribution in [-0.4, -0.2) is 17.3 Å². The van der Waals surface area contributed by atoms with Gasteiger partial charge in [0.2, 0.25) is 0 Å². The topological polar surface area (TPSA) is 17.1 Å². The van der Waals surface area contributed by atoms with E-state index in [0.717, 1.165) is 18.6 Å². The third-order valence-electron chi connectivity index (χ3n) is 3.35. The zero-order valence-corrected chi connectivity index (χ0v) is 9.66. The van der Waals surface area contributed by atoms with Crippen LogP contribution in [0.15, 0.2) is 11.1 Å². The summed E-state index contributed by atoms with van der Waals surface area (Å²) in [7, 11) is 0. The summed E-state index contributed by atoms with van der Waals surface area (Å²) in [6.45, 7) is 2.18. The van der Waals surface area contributed by atoms with Crippen LogP contribution in [0.25, 0.3) is 0 Å². The summed E-state index contributed by atoms with van der Waals surface area (Å²) in [6, 6.07) is 0. The van der Waals surface area contributed by atoms with Crippen molar-refractivity contribution in [3.63, 3.8) is 0 Å². The Morgan fingerprint density at radius 2 is 2.36 bits per heavy atom. The molecule has 0 aromatic heterocycles. The van der Waals surface area contributed by atoms with Crippen LogP contribution in [0.4, 0.5) is 0 Å². The van der Waals surface area contributed by atoms with Crippen molar-refractivity contribution in [2.75, 3.05) is 11.5 Å². The minimum Gasteiger partial charge on any atom is -0.295 e. The quantitative estimate of drug-likeness (QED) is 0.663. The number of thioether (sulfide) groups is 1. The number of rotatable bonds is 4. The Kier molecular flexibility index (Phi) is 3.32. The van der Waals surface area contributed by atoms with Gasteiger partial charge in [-0.05, 0) is 48.7 Å². The van der Waals surface area contributed by atoms with Crippen molar-refractivity contribution in [2.45, 2.75) is 39.0 Å². The van der Waals surface area contributed by atoms with Crippen molar-refractivity contribution in [1.29, 1.82) is 0 Å². The summed E-state index contributed by atoms with van der Waals surface area (Å²) in [5.74, 6) is 3.42. The molecule has 2 rings (SSSR count). The van der Waals surface area contributed by atoms with E-state index in [1.165, 1.54) is 36.2 Å². The fourth-order valence-electron chi connectivity index (χ4n) is 2.68. The van der Waals surface area contributed by atoms with Crippen LogP contribution in [-0.2, 0) is 4.79 Å². The highest BCUT2D eigenvalue weighted by molar-refractivity contribution is 7.99. The zero-order valence-electron chi connectivity index (χ0n) is 8.84. The lowest BCUT2D eigenvalue weighted by Gasteiger charge is -2.03.